The minimum Gasteiger partial charge on any atom is -0.346 e. The molecule has 0 aliphatic carbocycles. The zero-order valence-electron chi connectivity index (χ0n) is 10.7. The van der Waals surface area contributed by atoms with E-state index in [-0.39, 0.29) is 5.91 Å². The Bertz CT molecular complexity index is 557. The van der Waals surface area contributed by atoms with Crippen molar-refractivity contribution < 1.29 is 4.79 Å². The van der Waals surface area contributed by atoms with E-state index in [0.717, 1.165) is 21.2 Å². The lowest BCUT2D eigenvalue weighted by Gasteiger charge is -2.00. The molecule has 0 aliphatic rings. The Hall–Kier alpha value is -1.20. The number of rotatable bonds is 4. The van der Waals surface area contributed by atoms with Crippen molar-refractivity contribution in [1.82, 2.24) is 10.3 Å². The summed E-state index contributed by atoms with van der Waals surface area (Å²) in [5.74, 6) is 0.00820. The predicted octanol–water partition coefficient (Wildman–Crippen LogP) is 3.31. The SMILES string of the molecule is CCc1sc(C(=O)NCc2cnc(C)s2)cc1C. The molecule has 2 rings (SSSR count). The third kappa shape index (κ3) is 2.97. The van der Waals surface area contributed by atoms with Crippen LogP contribution in [0.3, 0.4) is 0 Å². The van der Waals surface area contributed by atoms with E-state index in [4.69, 9.17) is 0 Å². The van der Waals surface area contributed by atoms with Gasteiger partial charge < -0.3 is 5.32 Å². The van der Waals surface area contributed by atoms with Crippen LogP contribution in [-0.2, 0) is 13.0 Å². The molecule has 0 saturated heterocycles. The largest absolute Gasteiger partial charge is 0.346 e. The van der Waals surface area contributed by atoms with E-state index in [1.165, 1.54) is 10.4 Å². The second kappa shape index (κ2) is 5.63. The molecule has 5 heteroatoms. The smallest absolute Gasteiger partial charge is 0.261 e. The van der Waals surface area contributed by atoms with Gasteiger partial charge in [-0.2, -0.15) is 0 Å². The summed E-state index contributed by atoms with van der Waals surface area (Å²) in [4.78, 5) is 19.3. The molecule has 3 nitrogen and oxygen atoms in total. The summed E-state index contributed by atoms with van der Waals surface area (Å²) in [5.41, 5.74) is 1.21. The van der Waals surface area contributed by atoms with Crippen molar-refractivity contribution in [2.45, 2.75) is 33.7 Å². The number of thiophene rings is 1. The van der Waals surface area contributed by atoms with Gasteiger partial charge in [-0.3, -0.25) is 4.79 Å². The number of amides is 1. The Morgan fingerprint density at radius 2 is 2.17 bits per heavy atom. The van der Waals surface area contributed by atoms with Gasteiger partial charge in [0.05, 0.1) is 16.4 Å². The van der Waals surface area contributed by atoms with Crippen LogP contribution in [-0.4, -0.2) is 10.9 Å². The molecule has 0 bridgehead atoms. The van der Waals surface area contributed by atoms with E-state index >= 15 is 0 Å². The Labute approximate surface area is 115 Å². The molecule has 0 unspecified atom stereocenters. The minimum atomic E-state index is 0.00820. The number of nitrogens with one attached hydrogen (secondary N) is 1. The summed E-state index contributed by atoms with van der Waals surface area (Å²) in [7, 11) is 0. The molecule has 2 aromatic rings. The van der Waals surface area contributed by atoms with E-state index in [9.17, 15) is 4.79 Å². The van der Waals surface area contributed by atoms with Crippen LogP contribution >= 0.6 is 22.7 Å². The Morgan fingerprint density at radius 3 is 2.72 bits per heavy atom. The lowest BCUT2D eigenvalue weighted by atomic mass is 10.2. The van der Waals surface area contributed by atoms with Crippen LogP contribution in [0.4, 0.5) is 0 Å². The van der Waals surface area contributed by atoms with E-state index in [2.05, 4.69) is 24.1 Å². The molecule has 0 atom stereocenters. The van der Waals surface area contributed by atoms with Crippen molar-refractivity contribution in [2.75, 3.05) is 0 Å². The molecular weight excluding hydrogens is 264 g/mol. The third-order valence-corrected chi connectivity index (χ3v) is 4.95. The lowest BCUT2D eigenvalue weighted by Crippen LogP contribution is -2.21. The maximum absolute atomic E-state index is 12.0. The first-order valence-corrected chi connectivity index (χ1v) is 7.52. The van der Waals surface area contributed by atoms with Crippen LogP contribution in [0.25, 0.3) is 0 Å². The molecule has 96 valence electrons. The molecule has 1 N–H and O–H groups in total. The van der Waals surface area contributed by atoms with Crippen molar-refractivity contribution in [1.29, 1.82) is 0 Å². The first kappa shape index (κ1) is 13.2. The van der Waals surface area contributed by atoms with Crippen molar-refractivity contribution in [3.8, 4) is 0 Å². The molecule has 0 saturated carbocycles. The van der Waals surface area contributed by atoms with Gasteiger partial charge in [-0.05, 0) is 31.9 Å². The molecule has 0 aromatic carbocycles. The van der Waals surface area contributed by atoms with E-state index in [1.54, 1.807) is 22.7 Å². The average molecular weight is 280 g/mol. The minimum absolute atomic E-state index is 0.00820. The first-order chi connectivity index (χ1) is 8.60. The molecule has 18 heavy (non-hydrogen) atoms. The second-order valence-electron chi connectivity index (χ2n) is 4.10. The number of carbonyl (C=O) groups is 1. The average Bonchev–Trinajstić information content (AvgIpc) is 2.92. The number of aromatic nitrogens is 1. The zero-order valence-corrected chi connectivity index (χ0v) is 12.4. The highest BCUT2D eigenvalue weighted by molar-refractivity contribution is 7.14. The molecule has 0 radical (unpaired) electrons. The number of carbonyl (C=O) groups excluding carboxylic acids is 1. The van der Waals surface area contributed by atoms with Crippen LogP contribution in [0, 0.1) is 13.8 Å². The summed E-state index contributed by atoms with van der Waals surface area (Å²) < 4.78 is 0. The topological polar surface area (TPSA) is 42.0 Å². The van der Waals surface area contributed by atoms with Gasteiger partial charge in [0.1, 0.15) is 0 Å². The summed E-state index contributed by atoms with van der Waals surface area (Å²) in [5, 5.41) is 3.96. The number of aryl methyl sites for hydroxylation is 3. The van der Waals surface area contributed by atoms with Crippen LogP contribution < -0.4 is 5.32 Å². The van der Waals surface area contributed by atoms with Crippen LogP contribution in [0.5, 0.6) is 0 Å². The fraction of sp³-hybridized carbons (Fsp3) is 0.385. The van der Waals surface area contributed by atoms with Gasteiger partial charge in [0, 0.05) is 16.0 Å². The van der Waals surface area contributed by atoms with Crippen molar-refractivity contribution in [2.24, 2.45) is 0 Å². The summed E-state index contributed by atoms with van der Waals surface area (Å²) >= 11 is 3.20. The quantitative estimate of drug-likeness (QED) is 0.933. The maximum Gasteiger partial charge on any atom is 0.261 e. The third-order valence-electron chi connectivity index (χ3n) is 2.66. The highest BCUT2D eigenvalue weighted by Crippen LogP contribution is 2.22. The van der Waals surface area contributed by atoms with Gasteiger partial charge in [-0.1, -0.05) is 6.92 Å². The molecule has 0 fully saturated rings. The summed E-state index contributed by atoms with van der Waals surface area (Å²) in [6.45, 7) is 6.69. The summed E-state index contributed by atoms with van der Waals surface area (Å²) in [6.07, 6.45) is 2.80. The number of hydrogen-bond donors (Lipinski definition) is 1. The van der Waals surface area contributed by atoms with Crippen LogP contribution in [0.1, 0.15) is 36.9 Å². The highest BCUT2D eigenvalue weighted by Gasteiger charge is 2.11. The molecule has 0 spiro atoms. The van der Waals surface area contributed by atoms with Crippen molar-refractivity contribution in [3.05, 3.63) is 37.5 Å². The fourth-order valence-corrected chi connectivity index (χ4v) is 3.49. The molecule has 2 aromatic heterocycles. The van der Waals surface area contributed by atoms with Gasteiger partial charge >= 0.3 is 0 Å². The number of nitrogens with zero attached hydrogens (tertiary/aromatic N) is 1. The Balaban J connectivity index is 1.99. The van der Waals surface area contributed by atoms with E-state index in [1.807, 2.05) is 19.2 Å². The van der Waals surface area contributed by atoms with E-state index < -0.39 is 0 Å². The van der Waals surface area contributed by atoms with Gasteiger partial charge in [0.2, 0.25) is 0 Å². The molecular formula is C13H16N2OS2. The Morgan fingerprint density at radius 1 is 1.39 bits per heavy atom. The predicted molar refractivity (Wildman–Crippen MR) is 76.5 cm³/mol. The number of thiazole rings is 1. The van der Waals surface area contributed by atoms with Gasteiger partial charge in [-0.25, -0.2) is 4.98 Å². The van der Waals surface area contributed by atoms with Gasteiger partial charge in [0.15, 0.2) is 0 Å². The standard InChI is InChI=1S/C13H16N2OS2/c1-4-11-8(2)5-12(18-11)13(16)15-7-10-6-14-9(3)17-10/h5-6H,4,7H2,1-3H3,(H,15,16). The zero-order chi connectivity index (χ0) is 13.1. The van der Waals surface area contributed by atoms with E-state index in [0.29, 0.717) is 6.54 Å². The van der Waals surface area contributed by atoms with Gasteiger partial charge in [-0.15, -0.1) is 22.7 Å². The number of hydrogen-bond acceptors (Lipinski definition) is 4. The monoisotopic (exact) mass is 280 g/mol. The second-order valence-corrected chi connectivity index (χ2v) is 6.55. The lowest BCUT2D eigenvalue weighted by molar-refractivity contribution is 0.0955. The highest BCUT2D eigenvalue weighted by atomic mass is 32.1. The maximum atomic E-state index is 12.0. The molecule has 2 heterocycles. The fourth-order valence-electron chi connectivity index (χ4n) is 1.72. The molecule has 1 amide bonds. The van der Waals surface area contributed by atoms with Gasteiger partial charge in [0.25, 0.3) is 5.91 Å². The van der Waals surface area contributed by atoms with Crippen molar-refractivity contribution >= 4 is 28.6 Å². The molecule has 0 aliphatic heterocycles. The van der Waals surface area contributed by atoms with Crippen molar-refractivity contribution in [3.63, 3.8) is 0 Å². The Kier molecular flexibility index (Phi) is 4.14. The normalized spacial score (nSPS) is 10.6. The first-order valence-electron chi connectivity index (χ1n) is 5.89. The van der Waals surface area contributed by atoms with Crippen LogP contribution in [0.2, 0.25) is 0 Å². The summed E-state index contributed by atoms with van der Waals surface area (Å²) in [6, 6.07) is 1.97. The van der Waals surface area contributed by atoms with Crippen LogP contribution in [0.15, 0.2) is 12.3 Å².